The number of amides is 1. The number of aryl methyl sites for hydroxylation is 1. The maximum atomic E-state index is 13.6. The summed E-state index contributed by atoms with van der Waals surface area (Å²) in [5.74, 6) is -0.110. The second kappa shape index (κ2) is 11.4. The van der Waals surface area contributed by atoms with E-state index in [0.717, 1.165) is 63.9 Å². The number of anilines is 3. The number of piperidine rings is 2. The van der Waals surface area contributed by atoms with Crippen LogP contribution in [0.4, 0.5) is 30.6 Å². The topological polar surface area (TPSA) is 100 Å². The fourth-order valence-corrected chi connectivity index (χ4v) is 5.22. The molecule has 3 saturated heterocycles. The number of carbonyl (C=O) groups is 1. The second-order valence-electron chi connectivity index (χ2n) is 10.3. The van der Waals surface area contributed by atoms with Gasteiger partial charge in [0.2, 0.25) is 11.9 Å². The number of carbonyl (C=O) groups excluding carboxylic acids is 1. The maximum absolute atomic E-state index is 13.6. The minimum absolute atomic E-state index is 0.0640. The molecular formula is C25H35F3N8O2. The van der Waals surface area contributed by atoms with Gasteiger partial charge in [-0.05, 0) is 39.0 Å². The highest BCUT2D eigenvalue weighted by molar-refractivity contribution is 5.76. The van der Waals surface area contributed by atoms with Crippen molar-refractivity contribution >= 4 is 23.4 Å². The number of alkyl halides is 3. The number of nitrogens with zero attached hydrogens (tertiary/aromatic N) is 6. The summed E-state index contributed by atoms with van der Waals surface area (Å²) < 4.78 is 48.1. The van der Waals surface area contributed by atoms with Crippen LogP contribution < -0.4 is 10.6 Å². The van der Waals surface area contributed by atoms with Gasteiger partial charge in [-0.15, -0.1) is 0 Å². The Balaban J connectivity index is 1.21. The Kier molecular flexibility index (Phi) is 8.03. The van der Waals surface area contributed by atoms with Crippen molar-refractivity contribution in [3.63, 3.8) is 0 Å². The highest BCUT2D eigenvalue weighted by Crippen LogP contribution is 2.34. The fraction of sp³-hybridized carbons (Fsp3) is 0.680. The third-order valence-corrected chi connectivity index (χ3v) is 7.59. The number of hydrogen-bond acceptors (Lipinski definition) is 8. The van der Waals surface area contributed by atoms with E-state index in [1.165, 1.54) is 0 Å². The largest absolute Gasteiger partial charge is 0.421 e. The number of aromatic nitrogens is 4. The van der Waals surface area contributed by atoms with Gasteiger partial charge in [0.05, 0.1) is 36.7 Å². The maximum Gasteiger partial charge on any atom is 0.421 e. The monoisotopic (exact) mass is 536 g/mol. The Morgan fingerprint density at radius 1 is 1.13 bits per heavy atom. The molecule has 0 bridgehead atoms. The van der Waals surface area contributed by atoms with Crippen molar-refractivity contribution in [3.05, 3.63) is 23.7 Å². The van der Waals surface area contributed by atoms with E-state index in [9.17, 15) is 18.0 Å². The van der Waals surface area contributed by atoms with E-state index in [2.05, 4.69) is 30.6 Å². The van der Waals surface area contributed by atoms with Gasteiger partial charge in [-0.25, -0.2) is 4.98 Å². The van der Waals surface area contributed by atoms with Gasteiger partial charge >= 0.3 is 6.18 Å². The van der Waals surface area contributed by atoms with Gasteiger partial charge in [0.1, 0.15) is 11.4 Å². The van der Waals surface area contributed by atoms with E-state index in [-0.39, 0.29) is 30.3 Å². The molecule has 0 saturated carbocycles. The summed E-state index contributed by atoms with van der Waals surface area (Å²) in [5, 5.41) is 10.5. The molecule has 10 nitrogen and oxygen atoms in total. The van der Waals surface area contributed by atoms with Crippen LogP contribution >= 0.6 is 0 Å². The van der Waals surface area contributed by atoms with Crippen molar-refractivity contribution in [1.82, 2.24) is 29.5 Å². The molecule has 2 aromatic rings. The molecule has 1 amide bonds. The lowest BCUT2D eigenvalue weighted by Crippen LogP contribution is -2.51. The number of hydrogen-bond donors (Lipinski definition) is 2. The van der Waals surface area contributed by atoms with Crippen LogP contribution in [-0.2, 0) is 15.7 Å². The Morgan fingerprint density at radius 3 is 2.61 bits per heavy atom. The molecule has 3 aliphatic rings. The highest BCUT2D eigenvalue weighted by atomic mass is 19.4. The average molecular weight is 537 g/mol. The molecule has 13 heteroatoms. The zero-order chi connectivity index (χ0) is 26.7. The number of halogens is 3. The van der Waals surface area contributed by atoms with Gasteiger partial charge in [-0.2, -0.15) is 23.3 Å². The van der Waals surface area contributed by atoms with E-state index in [0.29, 0.717) is 37.7 Å². The van der Waals surface area contributed by atoms with Crippen LogP contribution in [0.2, 0.25) is 0 Å². The van der Waals surface area contributed by atoms with Crippen molar-refractivity contribution in [2.75, 3.05) is 56.6 Å². The Bertz CT molecular complexity index is 1110. The molecule has 3 aliphatic heterocycles. The summed E-state index contributed by atoms with van der Waals surface area (Å²) in [7, 11) is 0. The first-order valence-electron chi connectivity index (χ1n) is 13.4. The second-order valence-corrected chi connectivity index (χ2v) is 10.3. The molecule has 0 radical (unpaired) electrons. The summed E-state index contributed by atoms with van der Waals surface area (Å²) in [4.78, 5) is 24.3. The Morgan fingerprint density at radius 2 is 1.92 bits per heavy atom. The predicted molar refractivity (Wildman–Crippen MR) is 135 cm³/mol. The summed E-state index contributed by atoms with van der Waals surface area (Å²) in [6.45, 7) is 6.91. The minimum Gasteiger partial charge on any atom is -0.378 e. The van der Waals surface area contributed by atoms with Crippen LogP contribution in [-0.4, -0.2) is 87.4 Å². The molecule has 0 atom stereocenters. The van der Waals surface area contributed by atoms with E-state index < -0.39 is 11.7 Å². The van der Waals surface area contributed by atoms with Gasteiger partial charge in [0, 0.05) is 51.5 Å². The lowest BCUT2D eigenvalue weighted by atomic mass is 10.0. The molecule has 208 valence electrons. The SMILES string of the molecule is Cc1nn(C2CCN(C3COC3)CC2)cc1Nc1ncc(C(F)(F)F)c(NCCCN2CCCCC2=O)n1. The summed E-state index contributed by atoms with van der Waals surface area (Å²) in [6.07, 6.45) is 2.96. The van der Waals surface area contributed by atoms with Crippen LogP contribution in [0, 0.1) is 6.92 Å². The van der Waals surface area contributed by atoms with Crippen molar-refractivity contribution in [1.29, 1.82) is 0 Å². The molecule has 2 N–H and O–H groups in total. The van der Waals surface area contributed by atoms with Gasteiger partial charge in [0.15, 0.2) is 0 Å². The summed E-state index contributed by atoms with van der Waals surface area (Å²) >= 11 is 0. The third-order valence-electron chi connectivity index (χ3n) is 7.59. The predicted octanol–water partition coefficient (Wildman–Crippen LogP) is 3.59. The zero-order valence-electron chi connectivity index (χ0n) is 21.6. The quantitative estimate of drug-likeness (QED) is 0.469. The number of nitrogens with one attached hydrogen (secondary N) is 2. The van der Waals surface area contributed by atoms with Crippen molar-refractivity contribution in [3.8, 4) is 0 Å². The number of likely N-dealkylation sites (tertiary alicyclic amines) is 2. The molecule has 0 spiro atoms. The number of rotatable bonds is 9. The smallest absolute Gasteiger partial charge is 0.378 e. The highest BCUT2D eigenvalue weighted by Gasteiger charge is 2.35. The van der Waals surface area contributed by atoms with E-state index in [1.807, 2.05) is 17.8 Å². The van der Waals surface area contributed by atoms with Gasteiger partial charge in [-0.1, -0.05) is 0 Å². The first kappa shape index (κ1) is 26.7. The third kappa shape index (κ3) is 6.20. The van der Waals surface area contributed by atoms with Crippen LogP contribution in [0.25, 0.3) is 0 Å². The lowest BCUT2D eigenvalue weighted by molar-refractivity contribution is -0.137. The molecular weight excluding hydrogens is 501 g/mol. The van der Waals surface area contributed by atoms with Crippen molar-refractivity contribution in [2.24, 2.45) is 0 Å². The van der Waals surface area contributed by atoms with Crippen molar-refractivity contribution in [2.45, 2.75) is 63.7 Å². The molecule has 0 aliphatic carbocycles. The summed E-state index contributed by atoms with van der Waals surface area (Å²) in [6, 6.07) is 0.790. The van der Waals surface area contributed by atoms with Gasteiger partial charge in [-0.3, -0.25) is 14.4 Å². The molecule has 5 heterocycles. The van der Waals surface area contributed by atoms with E-state index >= 15 is 0 Å². The normalized spacial score (nSPS) is 20.0. The summed E-state index contributed by atoms with van der Waals surface area (Å²) in [5.41, 5.74) is 0.464. The zero-order valence-corrected chi connectivity index (χ0v) is 21.6. The molecule has 3 fully saturated rings. The first-order valence-corrected chi connectivity index (χ1v) is 13.4. The molecule has 0 aromatic carbocycles. The van der Waals surface area contributed by atoms with E-state index in [4.69, 9.17) is 4.74 Å². The van der Waals surface area contributed by atoms with Gasteiger partial charge < -0.3 is 20.3 Å². The van der Waals surface area contributed by atoms with E-state index in [1.54, 1.807) is 4.90 Å². The Hall–Kier alpha value is -2.93. The lowest BCUT2D eigenvalue weighted by Gasteiger charge is -2.41. The molecule has 2 aromatic heterocycles. The fourth-order valence-electron chi connectivity index (χ4n) is 5.22. The van der Waals surface area contributed by atoms with Crippen LogP contribution in [0.1, 0.15) is 55.8 Å². The Labute approximate surface area is 219 Å². The minimum atomic E-state index is -4.59. The van der Waals surface area contributed by atoms with Crippen molar-refractivity contribution < 1.29 is 22.7 Å². The average Bonchev–Trinajstić information content (AvgIpc) is 3.21. The number of ether oxygens (including phenoxy) is 1. The molecule has 0 unspecified atom stereocenters. The van der Waals surface area contributed by atoms with Crippen LogP contribution in [0.5, 0.6) is 0 Å². The molecule has 5 rings (SSSR count). The van der Waals surface area contributed by atoms with Crippen LogP contribution in [0.15, 0.2) is 12.4 Å². The van der Waals surface area contributed by atoms with Gasteiger partial charge in [0.25, 0.3) is 0 Å². The first-order chi connectivity index (χ1) is 18.3. The van der Waals surface area contributed by atoms with Crippen LogP contribution in [0.3, 0.4) is 0 Å². The molecule has 38 heavy (non-hydrogen) atoms. The standard InChI is InChI=1S/C25H35F3N8O2/c1-17-21(14-36(33-17)18-6-11-34(12-7-18)19-15-38-16-19)31-24-30-13-20(25(26,27)28)23(32-24)29-8-4-10-35-9-3-2-5-22(35)37/h13-14,18-19H,2-12,15-16H2,1H3,(H2,29,30,31,32).